The van der Waals surface area contributed by atoms with Gasteiger partial charge in [0.25, 0.3) is 0 Å². The lowest BCUT2D eigenvalue weighted by Crippen LogP contribution is -2.48. The average Bonchev–Trinajstić information content (AvgIpc) is 3.02. The molecule has 21 heavy (non-hydrogen) atoms. The van der Waals surface area contributed by atoms with E-state index in [1.807, 2.05) is 0 Å². The minimum absolute atomic E-state index is 0.0250. The van der Waals surface area contributed by atoms with Gasteiger partial charge in [-0.25, -0.2) is 13.2 Å². The Balaban J connectivity index is 2.01. The van der Waals surface area contributed by atoms with Gasteiger partial charge in [0, 0.05) is 18.2 Å². The Hall–Kier alpha value is -2.03. The van der Waals surface area contributed by atoms with E-state index in [-0.39, 0.29) is 24.5 Å². The number of rotatable bonds is 5. The third kappa shape index (κ3) is 4.22. The van der Waals surface area contributed by atoms with Crippen LogP contribution >= 0.6 is 0 Å². The average molecular weight is 316 g/mol. The zero-order valence-corrected chi connectivity index (χ0v) is 12.0. The van der Waals surface area contributed by atoms with Crippen molar-refractivity contribution in [1.29, 1.82) is 0 Å². The maximum absolute atomic E-state index is 12.1. The predicted molar refractivity (Wildman–Crippen MR) is 72.3 cm³/mol. The molecule has 1 unspecified atom stereocenters. The summed E-state index contributed by atoms with van der Waals surface area (Å²) >= 11 is 0. The van der Waals surface area contributed by atoms with Crippen LogP contribution in [0.2, 0.25) is 0 Å². The summed E-state index contributed by atoms with van der Waals surface area (Å²) in [6.07, 6.45) is 3.18. The highest BCUT2D eigenvalue weighted by Crippen LogP contribution is 2.18. The first kappa shape index (κ1) is 15.4. The van der Waals surface area contributed by atoms with Crippen LogP contribution in [-0.4, -0.2) is 54.5 Å². The number of hydrogen-bond acceptors (Lipinski definition) is 5. The van der Waals surface area contributed by atoms with Gasteiger partial charge in [-0.1, -0.05) is 0 Å². The van der Waals surface area contributed by atoms with E-state index < -0.39 is 34.4 Å². The third-order valence-electron chi connectivity index (χ3n) is 3.24. The normalized spacial score (nSPS) is 20.1. The maximum atomic E-state index is 12.1. The topological polar surface area (TPSA) is 117 Å². The molecule has 2 amide bonds. The van der Waals surface area contributed by atoms with Crippen molar-refractivity contribution in [2.24, 2.45) is 0 Å². The van der Waals surface area contributed by atoms with E-state index in [9.17, 15) is 18.0 Å². The number of furan rings is 1. The molecule has 1 saturated heterocycles. The molecule has 2 rings (SSSR count). The SMILES string of the molecule is O=C(O)CN(C(=O)NCc1ccoc1)C1CCS(=O)(=O)C1. The highest BCUT2D eigenvalue weighted by atomic mass is 32.2. The third-order valence-corrected chi connectivity index (χ3v) is 4.99. The van der Waals surface area contributed by atoms with Crippen molar-refractivity contribution in [3.8, 4) is 0 Å². The smallest absolute Gasteiger partial charge is 0.323 e. The molecule has 2 N–H and O–H groups in total. The molecule has 116 valence electrons. The number of nitrogens with zero attached hydrogens (tertiary/aromatic N) is 1. The van der Waals surface area contributed by atoms with Gasteiger partial charge in [-0.05, 0) is 12.5 Å². The molecule has 1 aromatic heterocycles. The van der Waals surface area contributed by atoms with Gasteiger partial charge in [0.1, 0.15) is 6.54 Å². The Kier molecular flexibility index (Phi) is 4.51. The van der Waals surface area contributed by atoms with Gasteiger partial charge >= 0.3 is 12.0 Å². The van der Waals surface area contributed by atoms with Crippen molar-refractivity contribution >= 4 is 21.8 Å². The van der Waals surface area contributed by atoms with Gasteiger partial charge in [0.2, 0.25) is 0 Å². The zero-order chi connectivity index (χ0) is 15.5. The number of carboxylic acid groups (broad SMARTS) is 1. The molecule has 0 aromatic carbocycles. The maximum Gasteiger partial charge on any atom is 0.323 e. The lowest BCUT2D eigenvalue weighted by molar-refractivity contribution is -0.138. The van der Waals surface area contributed by atoms with Gasteiger partial charge in [-0.15, -0.1) is 0 Å². The number of carbonyl (C=O) groups excluding carboxylic acids is 1. The first-order valence-corrected chi connectivity index (χ1v) is 8.17. The van der Waals surface area contributed by atoms with E-state index in [4.69, 9.17) is 9.52 Å². The molecule has 1 aromatic rings. The highest BCUT2D eigenvalue weighted by molar-refractivity contribution is 7.91. The number of amides is 2. The van der Waals surface area contributed by atoms with E-state index in [0.29, 0.717) is 0 Å². The van der Waals surface area contributed by atoms with Crippen LogP contribution in [0.1, 0.15) is 12.0 Å². The summed E-state index contributed by atoms with van der Waals surface area (Å²) in [4.78, 5) is 24.0. The lowest BCUT2D eigenvalue weighted by atomic mass is 10.2. The summed E-state index contributed by atoms with van der Waals surface area (Å²) in [5.41, 5.74) is 0.734. The van der Waals surface area contributed by atoms with Crippen molar-refractivity contribution in [2.75, 3.05) is 18.1 Å². The number of aliphatic carboxylic acids is 1. The number of hydrogen-bond donors (Lipinski definition) is 2. The van der Waals surface area contributed by atoms with Gasteiger partial charge in [-0.3, -0.25) is 4.79 Å². The summed E-state index contributed by atoms with van der Waals surface area (Å²) in [7, 11) is -3.20. The number of nitrogens with one attached hydrogen (secondary N) is 1. The molecular weight excluding hydrogens is 300 g/mol. The first-order valence-electron chi connectivity index (χ1n) is 6.35. The fourth-order valence-corrected chi connectivity index (χ4v) is 3.94. The van der Waals surface area contributed by atoms with Crippen molar-refractivity contribution in [2.45, 2.75) is 19.0 Å². The van der Waals surface area contributed by atoms with Crippen molar-refractivity contribution in [3.63, 3.8) is 0 Å². The van der Waals surface area contributed by atoms with Gasteiger partial charge in [0.05, 0.1) is 24.0 Å². The Morgan fingerprint density at radius 1 is 1.48 bits per heavy atom. The van der Waals surface area contributed by atoms with E-state index in [1.54, 1.807) is 6.07 Å². The molecule has 0 saturated carbocycles. The molecule has 2 heterocycles. The van der Waals surface area contributed by atoms with Crippen LogP contribution in [0.25, 0.3) is 0 Å². The van der Waals surface area contributed by atoms with E-state index >= 15 is 0 Å². The Labute approximate surface area is 121 Å². The summed E-state index contributed by atoms with van der Waals surface area (Å²) in [6, 6.07) is 0.470. The van der Waals surface area contributed by atoms with Crippen molar-refractivity contribution in [3.05, 3.63) is 24.2 Å². The van der Waals surface area contributed by atoms with Gasteiger partial charge in [-0.2, -0.15) is 0 Å². The molecule has 1 fully saturated rings. The highest BCUT2D eigenvalue weighted by Gasteiger charge is 2.35. The van der Waals surface area contributed by atoms with Crippen molar-refractivity contribution in [1.82, 2.24) is 10.2 Å². The second-order valence-electron chi connectivity index (χ2n) is 4.87. The molecule has 0 spiro atoms. The monoisotopic (exact) mass is 316 g/mol. The van der Waals surface area contributed by atoms with Crippen LogP contribution in [0.4, 0.5) is 4.79 Å². The largest absolute Gasteiger partial charge is 0.480 e. The molecule has 1 aliphatic rings. The fraction of sp³-hybridized carbons (Fsp3) is 0.500. The van der Waals surface area contributed by atoms with E-state index in [2.05, 4.69) is 5.32 Å². The zero-order valence-electron chi connectivity index (χ0n) is 11.2. The minimum Gasteiger partial charge on any atom is -0.480 e. The molecule has 0 radical (unpaired) electrons. The number of carboxylic acids is 1. The molecule has 1 aliphatic heterocycles. The van der Waals surface area contributed by atoms with Crippen LogP contribution in [-0.2, 0) is 21.2 Å². The summed E-state index contributed by atoms with van der Waals surface area (Å²) in [5.74, 6) is -1.40. The minimum atomic E-state index is -3.20. The quantitative estimate of drug-likeness (QED) is 0.793. The molecule has 1 atom stereocenters. The van der Waals surface area contributed by atoms with E-state index in [1.165, 1.54) is 12.5 Å². The second kappa shape index (κ2) is 6.17. The molecular formula is C12H16N2O6S. The predicted octanol–water partition coefficient (Wildman–Crippen LogP) is 0.0629. The van der Waals surface area contributed by atoms with Gasteiger partial charge < -0.3 is 19.7 Å². The van der Waals surface area contributed by atoms with Crippen LogP contribution in [0.3, 0.4) is 0 Å². The number of carbonyl (C=O) groups is 2. The summed E-state index contributed by atoms with van der Waals surface area (Å²) < 4.78 is 27.8. The van der Waals surface area contributed by atoms with Crippen LogP contribution < -0.4 is 5.32 Å². The molecule has 9 heteroatoms. The van der Waals surface area contributed by atoms with Gasteiger partial charge in [0.15, 0.2) is 9.84 Å². The Morgan fingerprint density at radius 3 is 2.76 bits per heavy atom. The molecule has 0 aliphatic carbocycles. The second-order valence-corrected chi connectivity index (χ2v) is 7.10. The Bertz CT molecular complexity index is 610. The molecule has 8 nitrogen and oxygen atoms in total. The van der Waals surface area contributed by atoms with Crippen LogP contribution in [0.15, 0.2) is 23.0 Å². The first-order chi connectivity index (χ1) is 9.87. The van der Waals surface area contributed by atoms with Crippen LogP contribution in [0, 0.1) is 0 Å². The van der Waals surface area contributed by atoms with Crippen molar-refractivity contribution < 1.29 is 27.5 Å². The number of urea groups is 1. The summed E-state index contributed by atoms with van der Waals surface area (Å²) in [6.45, 7) is -0.345. The fourth-order valence-electron chi connectivity index (χ4n) is 2.21. The standard InChI is InChI=1S/C12H16N2O6S/c15-11(16)6-14(10-2-4-21(18,19)8-10)12(17)13-5-9-1-3-20-7-9/h1,3,7,10H,2,4-6,8H2,(H,13,17)(H,15,16). The number of sulfone groups is 1. The van der Waals surface area contributed by atoms with E-state index in [0.717, 1.165) is 10.5 Å². The van der Waals surface area contributed by atoms with Crippen LogP contribution in [0.5, 0.6) is 0 Å². The Morgan fingerprint density at radius 2 is 2.24 bits per heavy atom. The summed E-state index contributed by atoms with van der Waals surface area (Å²) in [5, 5.41) is 11.5. The lowest BCUT2D eigenvalue weighted by Gasteiger charge is -2.26. The molecule has 0 bridgehead atoms.